The Morgan fingerprint density at radius 3 is 2.43 bits per heavy atom. The van der Waals surface area contributed by atoms with Gasteiger partial charge in [0.15, 0.2) is 0 Å². The van der Waals surface area contributed by atoms with Crippen LogP contribution in [0, 0.1) is 12.7 Å². The second-order valence-electron chi connectivity index (χ2n) is 7.25. The van der Waals surface area contributed by atoms with E-state index in [1.807, 2.05) is 37.3 Å². The van der Waals surface area contributed by atoms with Crippen LogP contribution in [0.5, 0.6) is 0 Å². The van der Waals surface area contributed by atoms with Crippen molar-refractivity contribution in [2.75, 3.05) is 6.54 Å². The Morgan fingerprint density at radius 2 is 1.82 bits per heavy atom. The third kappa shape index (κ3) is 4.87. The SMILES string of the molecule is Cc1ccc(C(Cc2ccco2)C(=O)NCC(C)(O)c2ccc(F)cc2)cc1. The first-order valence-corrected chi connectivity index (χ1v) is 9.20. The molecule has 0 spiro atoms. The maximum Gasteiger partial charge on any atom is 0.228 e. The van der Waals surface area contributed by atoms with Crippen LogP contribution in [-0.2, 0) is 16.8 Å². The van der Waals surface area contributed by atoms with E-state index in [-0.39, 0.29) is 18.3 Å². The lowest BCUT2D eigenvalue weighted by Gasteiger charge is -2.26. The van der Waals surface area contributed by atoms with E-state index in [1.54, 1.807) is 19.3 Å². The molecule has 1 heterocycles. The van der Waals surface area contributed by atoms with Gasteiger partial charge in [0.2, 0.25) is 5.91 Å². The van der Waals surface area contributed by atoms with E-state index in [2.05, 4.69) is 5.32 Å². The molecule has 0 bridgehead atoms. The first-order chi connectivity index (χ1) is 13.3. The molecule has 28 heavy (non-hydrogen) atoms. The molecule has 1 amide bonds. The van der Waals surface area contributed by atoms with Crippen molar-refractivity contribution in [3.8, 4) is 0 Å². The van der Waals surface area contributed by atoms with Crippen molar-refractivity contribution < 1.29 is 18.7 Å². The van der Waals surface area contributed by atoms with Crippen molar-refractivity contribution in [1.82, 2.24) is 5.32 Å². The van der Waals surface area contributed by atoms with Gasteiger partial charge in [0.25, 0.3) is 0 Å². The molecule has 4 nitrogen and oxygen atoms in total. The number of benzene rings is 2. The highest BCUT2D eigenvalue weighted by atomic mass is 19.1. The minimum atomic E-state index is -1.31. The maximum absolute atomic E-state index is 13.1. The zero-order valence-corrected chi connectivity index (χ0v) is 16.0. The summed E-state index contributed by atoms with van der Waals surface area (Å²) >= 11 is 0. The van der Waals surface area contributed by atoms with Crippen molar-refractivity contribution in [2.45, 2.75) is 31.8 Å². The molecule has 2 aromatic carbocycles. The van der Waals surface area contributed by atoms with E-state index in [0.717, 1.165) is 11.1 Å². The largest absolute Gasteiger partial charge is 0.469 e. The van der Waals surface area contributed by atoms with E-state index in [1.165, 1.54) is 24.3 Å². The summed E-state index contributed by atoms with van der Waals surface area (Å²) in [5, 5.41) is 13.6. The molecule has 0 saturated heterocycles. The lowest BCUT2D eigenvalue weighted by molar-refractivity contribution is -0.123. The van der Waals surface area contributed by atoms with Gasteiger partial charge in [0.05, 0.1) is 18.7 Å². The van der Waals surface area contributed by atoms with E-state index in [0.29, 0.717) is 17.7 Å². The van der Waals surface area contributed by atoms with Gasteiger partial charge < -0.3 is 14.8 Å². The molecule has 0 radical (unpaired) electrons. The van der Waals surface area contributed by atoms with Crippen LogP contribution in [0.15, 0.2) is 71.3 Å². The molecular weight excluding hydrogens is 357 g/mol. The fraction of sp³-hybridized carbons (Fsp3) is 0.261. The Labute approximate surface area is 164 Å². The smallest absolute Gasteiger partial charge is 0.228 e. The van der Waals surface area contributed by atoms with Crippen LogP contribution >= 0.6 is 0 Å². The lowest BCUT2D eigenvalue weighted by atomic mass is 9.91. The first kappa shape index (κ1) is 19.8. The second-order valence-corrected chi connectivity index (χ2v) is 7.25. The Hall–Kier alpha value is -2.92. The number of carbonyl (C=O) groups excluding carboxylic acids is 1. The molecule has 0 fully saturated rings. The van der Waals surface area contributed by atoms with Gasteiger partial charge in [0.1, 0.15) is 17.2 Å². The third-order valence-corrected chi connectivity index (χ3v) is 4.85. The van der Waals surface area contributed by atoms with Gasteiger partial charge in [-0.25, -0.2) is 4.39 Å². The van der Waals surface area contributed by atoms with E-state index in [9.17, 15) is 14.3 Å². The molecule has 2 N–H and O–H groups in total. The molecule has 5 heteroatoms. The van der Waals surface area contributed by atoms with Gasteiger partial charge in [-0.15, -0.1) is 0 Å². The predicted molar refractivity (Wildman–Crippen MR) is 105 cm³/mol. The lowest BCUT2D eigenvalue weighted by Crippen LogP contribution is -2.41. The van der Waals surface area contributed by atoms with Crippen LogP contribution in [0.3, 0.4) is 0 Å². The molecule has 2 atom stereocenters. The fourth-order valence-corrected chi connectivity index (χ4v) is 3.08. The average molecular weight is 381 g/mol. The van der Waals surface area contributed by atoms with E-state index in [4.69, 9.17) is 4.42 Å². The standard InChI is InChI=1S/C23H24FNO3/c1-16-5-7-17(8-6-16)21(14-20-4-3-13-28-20)22(26)25-15-23(2,27)18-9-11-19(24)12-10-18/h3-13,21,27H,14-15H2,1-2H3,(H,25,26). The van der Waals surface area contributed by atoms with Crippen LogP contribution < -0.4 is 5.32 Å². The molecule has 2 unspecified atom stereocenters. The van der Waals surface area contributed by atoms with Gasteiger partial charge in [-0.1, -0.05) is 42.0 Å². The summed E-state index contributed by atoms with van der Waals surface area (Å²) in [4.78, 5) is 13.0. The number of hydrogen-bond donors (Lipinski definition) is 2. The van der Waals surface area contributed by atoms with Gasteiger partial charge >= 0.3 is 0 Å². The number of nitrogens with one attached hydrogen (secondary N) is 1. The van der Waals surface area contributed by atoms with Gasteiger partial charge in [0, 0.05) is 6.42 Å². The van der Waals surface area contributed by atoms with Gasteiger partial charge in [-0.3, -0.25) is 4.79 Å². The zero-order chi connectivity index (χ0) is 20.1. The molecule has 0 saturated carbocycles. The van der Waals surface area contributed by atoms with Crippen molar-refractivity contribution in [3.63, 3.8) is 0 Å². The highest BCUT2D eigenvalue weighted by molar-refractivity contribution is 5.84. The van der Waals surface area contributed by atoms with Crippen LogP contribution in [0.2, 0.25) is 0 Å². The van der Waals surface area contributed by atoms with Crippen LogP contribution in [0.1, 0.15) is 35.3 Å². The summed E-state index contributed by atoms with van der Waals surface area (Å²) < 4.78 is 18.6. The normalized spacial score (nSPS) is 14.3. The topological polar surface area (TPSA) is 62.5 Å². The van der Waals surface area contributed by atoms with Gasteiger partial charge in [-0.05, 0) is 49.2 Å². The molecule has 0 aliphatic rings. The molecule has 3 rings (SSSR count). The fourth-order valence-electron chi connectivity index (χ4n) is 3.08. The Kier molecular flexibility index (Phi) is 5.95. The zero-order valence-electron chi connectivity index (χ0n) is 16.0. The molecule has 146 valence electrons. The third-order valence-electron chi connectivity index (χ3n) is 4.85. The Bertz CT molecular complexity index is 900. The second kappa shape index (κ2) is 8.40. The monoisotopic (exact) mass is 381 g/mol. The molecular formula is C23H24FNO3. The molecule has 0 aliphatic carbocycles. The first-order valence-electron chi connectivity index (χ1n) is 9.20. The summed E-state index contributed by atoms with van der Waals surface area (Å²) in [6.45, 7) is 3.59. The maximum atomic E-state index is 13.1. The van der Waals surface area contributed by atoms with Crippen molar-refractivity contribution >= 4 is 5.91 Å². The minimum absolute atomic E-state index is 0.0119. The number of hydrogen-bond acceptors (Lipinski definition) is 3. The van der Waals surface area contributed by atoms with Crippen molar-refractivity contribution in [3.05, 3.63) is 95.2 Å². The number of halogens is 1. The highest BCUT2D eigenvalue weighted by Gasteiger charge is 2.27. The van der Waals surface area contributed by atoms with Crippen LogP contribution in [0.4, 0.5) is 4.39 Å². The number of carbonyl (C=O) groups is 1. The number of furan rings is 1. The quantitative estimate of drug-likeness (QED) is 0.648. The summed E-state index contributed by atoms with van der Waals surface area (Å²) in [5.41, 5.74) is 1.21. The number of aryl methyl sites for hydroxylation is 1. The summed E-state index contributed by atoms with van der Waals surface area (Å²) in [6, 6.07) is 17.0. The van der Waals surface area contributed by atoms with E-state index < -0.39 is 11.5 Å². The van der Waals surface area contributed by atoms with Gasteiger partial charge in [-0.2, -0.15) is 0 Å². The average Bonchev–Trinajstić information content (AvgIpc) is 3.19. The summed E-state index contributed by atoms with van der Waals surface area (Å²) in [6.07, 6.45) is 2.00. The van der Waals surface area contributed by atoms with Crippen molar-refractivity contribution in [2.24, 2.45) is 0 Å². The number of rotatable bonds is 7. The summed E-state index contributed by atoms with van der Waals surface area (Å²) in [7, 11) is 0. The number of aliphatic hydroxyl groups is 1. The molecule has 0 aliphatic heterocycles. The van der Waals surface area contributed by atoms with Crippen molar-refractivity contribution in [1.29, 1.82) is 0 Å². The molecule has 3 aromatic rings. The predicted octanol–water partition coefficient (Wildman–Crippen LogP) is 4.08. The van der Waals surface area contributed by atoms with Crippen LogP contribution in [0.25, 0.3) is 0 Å². The molecule has 1 aromatic heterocycles. The Balaban J connectivity index is 1.75. The van der Waals surface area contributed by atoms with Crippen LogP contribution in [-0.4, -0.2) is 17.6 Å². The summed E-state index contributed by atoms with van der Waals surface area (Å²) in [5.74, 6) is -0.314. The highest BCUT2D eigenvalue weighted by Crippen LogP contribution is 2.24. The number of amides is 1. The Morgan fingerprint density at radius 1 is 1.14 bits per heavy atom. The van der Waals surface area contributed by atoms with E-state index >= 15 is 0 Å². The minimum Gasteiger partial charge on any atom is -0.469 e.